The van der Waals surface area contributed by atoms with Gasteiger partial charge in [0.1, 0.15) is 6.10 Å². The van der Waals surface area contributed by atoms with Crippen LogP contribution in [0, 0.1) is 5.92 Å². The third-order valence-electron chi connectivity index (χ3n) is 3.92. The Morgan fingerprint density at radius 1 is 1.17 bits per heavy atom. The van der Waals surface area contributed by atoms with E-state index in [4.69, 9.17) is 10.5 Å². The Morgan fingerprint density at radius 3 is 2.54 bits per heavy atom. The van der Waals surface area contributed by atoms with E-state index in [9.17, 15) is 14.4 Å². The number of nitrogens with one attached hydrogen (secondary N) is 1. The lowest BCUT2D eigenvalue weighted by Crippen LogP contribution is -2.28. The Balaban J connectivity index is 1.67. The van der Waals surface area contributed by atoms with Gasteiger partial charge in [-0.05, 0) is 36.8 Å². The van der Waals surface area contributed by atoms with Gasteiger partial charge in [0.05, 0.1) is 12.5 Å². The molecule has 2 heterocycles. The maximum Gasteiger partial charge on any atom is 0.255 e. The molecular formula is C17H17N3O4. The van der Waals surface area contributed by atoms with E-state index in [1.54, 1.807) is 42.6 Å². The van der Waals surface area contributed by atoms with Crippen molar-refractivity contribution in [2.45, 2.75) is 12.5 Å². The molecule has 1 aliphatic heterocycles. The number of anilines is 1. The van der Waals surface area contributed by atoms with Crippen LogP contribution >= 0.6 is 0 Å². The lowest BCUT2D eigenvalue weighted by Gasteiger charge is -2.11. The number of aromatic nitrogens is 1. The van der Waals surface area contributed by atoms with E-state index in [0.717, 1.165) is 0 Å². The number of primary amides is 1. The molecule has 1 saturated heterocycles. The number of hydrogen-bond donors (Lipinski definition) is 2. The van der Waals surface area contributed by atoms with E-state index in [2.05, 4.69) is 5.32 Å². The van der Waals surface area contributed by atoms with Crippen LogP contribution in [0.1, 0.15) is 6.42 Å². The van der Waals surface area contributed by atoms with Crippen LogP contribution in [0.5, 0.6) is 0 Å². The molecule has 2 unspecified atom stereocenters. The molecule has 0 spiro atoms. The van der Waals surface area contributed by atoms with Crippen molar-refractivity contribution < 1.29 is 14.3 Å². The molecule has 2 amide bonds. The molecule has 24 heavy (non-hydrogen) atoms. The lowest BCUT2D eigenvalue weighted by atomic mass is 10.0. The van der Waals surface area contributed by atoms with Crippen molar-refractivity contribution in [1.29, 1.82) is 0 Å². The summed E-state index contributed by atoms with van der Waals surface area (Å²) < 4.78 is 6.71. The second-order valence-corrected chi connectivity index (χ2v) is 5.60. The highest BCUT2D eigenvalue weighted by Crippen LogP contribution is 2.21. The standard InChI is InChI=1S/C17H17N3O4/c18-16(22)14-9-11(10-24-14)17(23)19-12-4-6-13(7-5-12)20-8-2-1-3-15(20)21/h1-8,11,14H,9-10H2,(H2,18,22)(H,19,23). The van der Waals surface area contributed by atoms with Crippen molar-refractivity contribution in [1.82, 2.24) is 4.57 Å². The normalized spacial score (nSPS) is 19.8. The minimum Gasteiger partial charge on any atom is -0.368 e. The summed E-state index contributed by atoms with van der Waals surface area (Å²) in [6.45, 7) is 0.178. The largest absolute Gasteiger partial charge is 0.368 e. The highest BCUT2D eigenvalue weighted by Gasteiger charge is 2.33. The van der Waals surface area contributed by atoms with Crippen molar-refractivity contribution >= 4 is 17.5 Å². The summed E-state index contributed by atoms with van der Waals surface area (Å²) in [5.74, 6) is -1.18. The number of nitrogens with two attached hydrogens (primary N) is 1. The van der Waals surface area contributed by atoms with E-state index in [1.165, 1.54) is 10.6 Å². The van der Waals surface area contributed by atoms with Crippen molar-refractivity contribution in [3.05, 3.63) is 59.0 Å². The smallest absolute Gasteiger partial charge is 0.255 e. The second-order valence-electron chi connectivity index (χ2n) is 5.60. The second kappa shape index (κ2) is 6.67. The highest BCUT2D eigenvalue weighted by atomic mass is 16.5. The molecule has 1 fully saturated rings. The monoisotopic (exact) mass is 327 g/mol. The first-order valence-corrected chi connectivity index (χ1v) is 7.54. The fourth-order valence-corrected chi connectivity index (χ4v) is 2.60. The summed E-state index contributed by atoms with van der Waals surface area (Å²) in [5, 5.41) is 2.78. The van der Waals surface area contributed by atoms with Gasteiger partial charge >= 0.3 is 0 Å². The minimum absolute atomic E-state index is 0.130. The molecule has 124 valence electrons. The highest BCUT2D eigenvalue weighted by molar-refractivity contribution is 5.93. The van der Waals surface area contributed by atoms with Crippen LogP contribution in [-0.4, -0.2) is 29.1 Å². The van der Waals surface area contributed by atoms with E-state index in [1.807, 2.05) is 0 Å². The number of amides is 2. The number of hydrogen-bond acceptors (Lipinski definition) is 4. The van der Waals surface area contributed by atoms with Gasteiger partial charge in [0.25, 0.3) is 5.56 Å². The van der Waals surface area contributed by atoms with Gasteiger partial charge in [0.15, 0.2) is 0 Å². The average Bonchev–Trinajstić information content (AvgIpc) is 3.07. The van der Waals surface area contributed by atoms with E-state index >= 15 is 0 Å². The van der Waals surface area contributed by atoms with Gasteiger partial charge in [-0.25, -0.2) is 0 Å². The molecule has 0 saturated carbocycles. The third kappa shape index (κ3) is 3.36. The van der Waals surface area contributed by atoms with E-state index < -0.39 is 17.9 Å². The molecule has 0 radical (unpaired) electrons. The van der Waals surface area contributed by atoms with Crippen molar-refractivity contribution in [3.8, 4) is 5.69 Å². The number of rotatable bonds is 4. The summed E-state index contributed by atoms with van der Waals surface area (Å²) in [6, 6.07) is 11.8. The maximum absolute atomic E-state index is 12.2. The van der Waals surface area contributed by atoms with Gasteiger partial charge in [0, 0.05) is 23.6 Å². The van der Waals surface area contributed by atoms with Gasteiger partial charge in [0.2, 0.25) is 11.8 Å². The molecule has 3 N–H and O–H groups in total. The lowest BCUT2D eigenvalue weighted by molar-refractivity contribution is -0.126. The molecule has 2 atom stereocenters. The maximum atomic E-state index is 12.2. The molecule has 3 rings (SSSR count). The Kier molecular flexibility index (Phi) is 4.43. The van der Waals surface area contributed by atoms with E-state index in [-0.39, 0.29) is 18.1 Å². The molecule has 0 aliphatic carbocycles. The van der Waals surface area contributed by atoms with Crippen LogP contribution < -0.4 is 16.6 Å². The summed E-state index contributed by atoms with van der Waals surface area (Å²) in [7, 11) is 0. The van der Waals surface area contributed by atoms with Crippen molar-refractivity contribution in [2.24, 2.45) is 11.7 Å². The molecule has 2 aromatic rings. The zero-order valence-electron chi connectivity index (χ0n) is 12.8. The average molecular weight is 327 g/mol. The van der Waals surface area contributed by atoms with Crippen LogP contribution in [0.2, 0.25) is 0 Å². The summed E-state index contributed by atoms with van der Waals surface area (Å²) in [6.07, 6.45) is 1.27. The Hall–Kier alpha value is -2.93. The van der Waals surface area contributed by atoms with Crippen LogP contribution in [0.25, 0.3) is 5.69 Å². The first-order valence-electron chi connectivity index (χ1n) is 7.54. The predicted molar refractivity (Wildman–Crippen MR) is 87.7 cm³/mol. The van der Waals surface area contributed by atoms with Crippen LogP contribution in [0.4, 0.5) is 5.69 Å². The van der Waals surface area contributed by atoms with Crippen molar-refractivity contribution in [2.75, 3.05) is 11.9 Å². The molecule has 0 bridgehead atoms. The number of carbonyl (C=O) groups is 2. The minimum atomic E-state index is -0.701. The number of benzene rings is 1. The van der Waals surface area contributed by atoms with Gasteiger partial charge in [-0.2, -0.15) is 0 Å². The van der Waals surface area contributed by atoms with Crippen molar-refractivity contribution in [3.63, 3.8) is 0 Å². The Morgan fingerprint density at radius 2 is 1.92 bits per heavy atom. The van der Waals surface area contributed by atoms with Crippen LogP contribution in [0.3, 0.4) is 0 Å². The SMILES string of the molecule is NC(=O)C1CC(C(=O)Nc2ccc(-n3ccccc3=O)cc2)CO1. The molecule has 1 aromatic carbocycles. The summed E-state index contributed by atoms with van der Waals surface area (Å²) >= 11 is 0. The first-order chi connectivity index (χ1) is 11.5. The predicted octanol–water partition coefficient (Wildman–Crippen LogP) is 0.666. The number of nitrogens with zero attached hydrogens (tertiary/aromatic N) is 1. The zero-order valence-corrected chi connectivity index (χ0v) is 12.8. The summed E-state index contributed by atoms with van der Waals surface area (Å²) in [5.41, 5.74) is 6.36. The number of pyridine rings is 1. The molecule has 1 aromatic heterocycles. The Bertz CT molecular complexity index is 813. The van der Waals surface area contributed by atoms with Gasteiger partial charge in [-0.3, -0.25) is 19.0 Å². The van der Waals surface area contributed by atoms with Gasteiger partial charge in [-0.15, -0.1) is 0 Å². The topological polar surface area (TPSA) is 103 Å². The van der Waals surface area contributed by atoms with E-state index in [0.29, 0.717) is 17.8 Å². The first kappa shape index (κ1) is 15.9. The van der Waals surface area contributed by atoms with Gasteiger partial charge < -0.3 is 15.8 Å². The summed E-state index contributed by atoms with van der Waals surface area (Å²) in [4.78, 5) is 35.0. The number of ether oxygens (including phenoxy) is 1. The van der Waals surface area contributed by atoms with Gasteiger partial charge in [-0.1, -0.05) is 6.07 Å². The molecule has 7 heteroatoms. The number of carbonyl (C=O) groups excluding carboxylic acids is 2. The molecular weight excluding hydrogens is 310 g/mol. The Labute approximate surface area is 138 Å². The van der Waals surface area contributed by atoms with Crippen LogP contribution in [-0.2, 0) is 14.3 Å². The third-order valence-corrected chi connectivity index (χ3v) is 3.92. The van der Waals surface area contributed by atoms with Crippen LogP contribution in [0.15, 0.2) is 53.5 Å². The quantitative estimate of drug-likeness (QED) is 0.861. The molecule has 1 aliphatic rings. The fraction of sp³-hybridized carbons (Fsp3) is 0.235. The molecule has 7 nitrogen and oxygen atoms in total. The fourth-order valence-electron chi connectivity index (χ4n) is 2.60. The zero-order chi connectivity index (χ0) is 17.1.